The SMILES string of the molecule is CC(C)OC(=O)N1[C@@H]2COCCN2C(=O)c2c(OCc3ccccc3)c(=O)ccn21. The van der Waals surface area contributed by atoms with Crippen LogP contribution in [-0.4, -0.2) is 53.6 Å². The van der Waals surface area contributed by atoms with Gasteiger partial charge in [0.1, 0.15) is 6.61 Å². The number of amides is 2. The van der Waals surface area contributed by atoms with Gasteiger partial charge in [0.05, 0.1) is 19.3 Å². The van der Waals surface area contributed by atoms with Crippen molar-refractivity contribution >= 4 is 12.0 Å². The van der Waals surface area contributed by atoms with E-state index < -0.39 is 23.6 Å². The monoisotopic (exact) mass is 413 g/mol. The van der Waals surface area contributed by atoms with Crippen molar-refractivity contribution in [3.8, 4) is 5.75 Å². The van der Waals surface area contributed by atoms with Crippen molar-refractivity contribution in [2.45, 2.75) is 32.7 Å². The predicted octanol–water partition coefficient (Wildman–Crippen LogP) is 1.72. The molecule has 2 aliphatic heterocycles. The minimum Gasteiger partial charge on any atom is -0.482 e. The summed E-state index contributed by atoms with van der Waals surface area (Å²) in [5.41, 5.74) is 0.412. The molecule has 30 heavy (non-hydrogen) atoms. The highest BCUT2D eigenvalue weighted by atomic mass is 16.6. The Kier molecular flexibility index (Phi) is 5.45. The summed E-state index contributed by atoms with van der Waals surface area (Å²) in [5, 5.41) is 1.30. The van der Waals surface area contributed by atoms with Gasteiger partial charge < -0.3 is 19.1 Å². The molecule has 1 saturated heterocycles. The average Bonchev–Trinajstić information content (AvgIpc) is 2.73. The molecule has 158 valence electrons. The van der Waals surface area contributed by atoms with Gasteiger partial charge in [-0.15, -0.1) is 0 Å². The van der Waals surface area contributed by atoms with Crippen LogP contribution in [0.2, 0.25) is 0 Å². The van der Waals surface area contributed by atoms with Crippen LogP contribution < -0.4 is 15.2 Å². The summed E-state index contributed by atoms with van der Waals surface area (Å²) >= 11 is 0. The molecule has 0 saturated carbocycles. The number of pyridine rings is 1. The van der Waals surface area contributed by atoms with Gasteiger partial charge in [-0.1, -0.05) is 30.3 Å². The van der Waals surface area contributed by atoms with Crippen molar-refractivity contribution in [1.82, 2.24) is 9.58 Å². The predicted molar refractivity (Wildman–Crippen MR) is 107 cm³/mol. The molecule has 0 spiro atoms. The maximum Gasteiger partial charge on any atom is 0.431 e. The summed E-state index contributed by atoms with van der Waals surface area (Å²) in [6.45, 7) is 4.36. The number of hydrogen-bond donors (Lipinski definition) is 0. The summed E-state index contributed by atoms with van der Waals surface area (Å²) in [4.78, 5) is 40.3. The molecule has 0 bridgehead atoms. The number of carbonyl (C=O) groups is 2. The minimum absolute atomic E-state index is 0.00251. The molecule has 4 rings (SSSR count). The lowest BCUT2D eigenvalue weighted by Gasteiger charge is -2.46. The van der Waals surface area contributed by atoms with Crippen molar-refractivity contribution in [3.63, 3.8) is 0 Å². The lowest BCUT2D eigenvalue weighted by Crippen LogP contribution is -2.67. The number of aromatic nitrogens is 1. The third-order valence-corrected chi connectivity index (χ3v) is 4.87. The average molecular weight is 413 g/mol. The highest BCUT2D eigenvalue weighted by Crippen LogP contribution is 2.27. The van der Waals surface area contributed by atoms with E-state index in [2.05, 4.69) is 0 Å². The molecule has 9 nitrogen and oxygen atoms in total. The summed E-state index contributed by atoms with van der Waals surface area (Å²) < 4.78 is 18.0. The minimum atomic E-state index is -0.672. The topological polar surface area (TPSA) is 90.3 Å². The fourth-order valence-corrected chi connectivity index (χ4v) is 3.53. The Balaban J connectivity index is 1.77. The standard InChI is InChI=1S/C21H23N3O6/c1-14(2)30-21(27)24-17-13-28-11-10-22(17)20(26)18-19(16(25)8-9-23(18)24)29-12-15-6-4-3-5-7-15/h3-9,14,17H,10-13H2,1-2H3/t17-/m1/s1. The Labute approximate surface area is 173 Å². The molecule has 2 aromatic rings. The highest BCUT2D eigenvalue weighted by Gasteiger charge is 2.45. The van der Waals surface area contributed by atoms with Gasteiger partial charge in [-0.2, -0.15) is 5.01 Å². The molecule has 3 heterocycles. The van der Waals surface area contributed by atoms with E-state index in [0.717, 1.165) is 5.56 Å². The smallest absolute Gasteiger partial charge is 0.431 e. The molecule has 1 aromatic carbocycles. The first-order valence-corrected chi connectivity index (χ1v) is 9.78. The number of nitrogens with zero attached hydrogens (tertiary/aromatic N) is 3. The van der Waals surface area contributed by atoms with Gasteiger partial charge in [-0.25, -0.2) is 9.47 Å². The van der Waals surface area contributed by atoms with Gasteiger partial charge in [0.2, 0.25) is 5.43 Å². The van der Waals surface area contributed by atoms with Crippen LogP contribution in [0, 0.1) is 0 Å². The fraction of sp³-hybridized carbons (Fsp3) is 0.381. The first-order valence-electron chi connectivity index (χ1n) is 9.78. The summed E-state index contributed by atoms with van der Waals surface area (Å²) in [5.74, 6) is -0.490. The Morgan fingerprint density at radius 2 is 1.97 bits per heavy atom. The van der Waals surface area contributed by atoms with Crippen molar-refractivity contribution in [2.75, 3.05) is 24.8 Å². The first kappa shape index (κ1) is 20.0. The van der Waals surface area contributed by atoms with E-state index >= 15 is 0 Å². The first-order chi connectivity index (χ1) is 14.5. The second-order valence-electron chi connectivity index (χ2n) is 7.31. The largest absolute Gasteiger partial charge is 0.482 e. The molecule has 2 amide bonds. The van der Waals surface area contributed by atoms with Gasteiger partial charge in [0.25, 0.3) is 5.91 Å². The van der Waals surface area contributed by atoms with E-state index in [1.165, 1.54) is 26.8 Å². The zero-order chi connectivity index (χ0) is 21.3. The van der Waals surface area contributed by atoms with Crippen LogP contribution in [0.1, 0.15) is 29.9 Å². The summed E-state index contributed by atoms with van der Waals surface area (Å²) in [6, 6.07) is 10.6. The zero-order valence-corrected chi connectivity index (χ0v) is 16.8. The Morgan fingerprint density at radius 3 is 2.70 bits per heavy atom. The van der Waals surface area contributed by atoms with Gasteiger partial charge >= 0.3 is 6.09 Å². The quantitative estimate of drug-likeness (QED) is 0.758. The lowest BCUT2D eigenvalue weighted by atomic mass is 10.2. The van der Waals surface area contributed by atoms with E-state index in [4.69, 9.17) is 14.2 Å². The van der Waals surface area contributed by atoms with Crippen LogP contribution in [0.15, 0.2) is 47.4 Å². The van der Waals surface area contributed by atoms with Crippen molar-refractivity contribution in [1.29, 1.82) is 0 Å². The maximum absolute atomic E-state index is 13.3. The number of benzene rings is 1. The van der Waals surface area contributed by atoms with E-state index in [1.807, 2.05) is 30.3 Å². The number of morpholine rings is 1. The molecule has 1 atom stereocenters. The van der Waals surface area contributed by atoms with Gasteiger partial charge in [0, 0.05) is 18.8 Å². The molecular formula is C21H23N3O6. The zero-order valence-electron chi connectivity index (χ0n) is 16.8. The molecular weight excluding hydrogens is 390 g/mol. The second-order valence-corrected chi connectivity index (χ2v) is 7.31. The molecule has 0 unspecified atom stereocenters. The van der Waals surface area contributed by atoms with Crippen molar-refractivity contribution < 1.29 is 23.8 Å². The molecule has 0 radical (unpaired) electrons. The number of fused-ring (bicyclic) bond motifs is 2. The van der Waals surface area contributed by atoms with Gasteiger partial charge in [-0.3, -0.25) is 9.59 Å². The summed E-state index contributed by atoms with van der Waals surface area (Å²) in [6.07, 6.45) is -0.283. The third kappa shape index (κ3) is 3.63. The van der Waals surface area contributed by atoms with Crippen molar-refractivity contribution in [3.05, 3.63) is 64.1 Å². The highest BCUT2D eigenvalue weighted by molar-refractivity contribution is 5.98. The number of ether oxygens (including phenoxy) is 3. The van der Waals surface area contributed by atoms with Crippen LogP contribution >= 0.6 is 0 Å². The fourth-order valence-electron chi connectivity index (χ4n) is 3.53. The number of rotatable bonds is 4. The van der Waals surface area contributed by atoms with Gasteiger partial charge in [0.15, 0.2) is 17.6 Å². The number of hydrogen-bond acceptors (Lipinski definition) is 6. The summed E-state index contributed by atoms with van der Waals surface area (Å²) in [7, 11) is 0. The Bertz CT molecular complexity index is 1000. The molecule has 1 aromatic heterocycles. The Morgan fingerprint density at radius 1 is 1.20 bits per heavy atom. The normalized spacial score (nSPS) is 18.1. The van der Waals surface area contributed by atoms with E-state index in [9.17, 15) is 14.4 Å². The van der Waals surface area contributed by atoms with Crippen LogP contribution in [0.4, 0.5) is 4.79 Å². The van der Waals surface area contributed by atoms with Crippen LogP contribution in [-0.2, 0) is 16.1 Å². The van der Waals surface area contributed by atoms with Crippen molar-refractivity contribution in [2.24, 2.45) is 0 Å². The molecule has 9 heteroatoms. The van der Waals surface area contributed by atoms with Crippen LogP contribution in [0.3, 0.4) is 0 Å². The molecule has 1 fully saturated rings. The van der Waals surface area contributed by atoms with E-state index in [-0.39, 0.29) is 37.3 Å². The number of carbonyl (C=O) groups excluding carboxylic acids is 2. The molecule has 0 aliphatic carbocycles. The van der Waals surface area contributed by atoms with Gasteiger partial charge in [-0.05, 0) is 19.4 Å². The molecule has 0 N–H and O–H groups in total. The lowest BCUT2D eigenvalue weighted by molar-refractivity contribution is -0.0183. The van der Waals surface area contributed by atoms with E-state index in [1.54, 1.807) is 13.8 Å². The third-order valence-electron chi connectivity index (χ3n) is 4.87. The van der Waals surface area contributed by atoms with Crippen LogP contribution in [0.25, 0.3) is 0 Å². The van der Waals surface area contributed by atoms with E-state index in [0.29, 0.717) is 6.61 Å². The Hall–Kier alpha value is -3.33. The molecule has 2 aliphatic rings. The van der Waals surface area contributed by atoms with Crippen LogP contribution in [0.5, 0.6) is 5.75 Å². The maximum atomic E-state index is 13.3. The second kappa shape index (κ2) is 8.19.